The number of carbonyl (C=O) groups excluding carboxylic acids is 1. The fourth-order valence-electron chi connectivity index (χ4n) is 2.38. The maximum Gasteiger partial charge on any atom is 0.335 e. The standard InChI is InChI=1S/C14H17NO3S/c1-2-10-3-4-11(14(17)18)6-12(10)15-7-9(8-19)5-13(15)16/h3-4,6,9,19H,2,5,7-8H2,1H3,(H,17,18). The third-order valence-electron chi connectivity index (χ3n) is 3.47. The molecule has 2 rings (SSSR count). The normalized spacial score (nSPS) is 18.9. The first-order valence-corrected chi connectivity index (χ1v) is 6.97. The highest BCUT2D eigenvalue weighted by Crippen LogP contribution is 2.30. The van der Waals surface area contributed by atoms with Crippen LogP contribution in [0.5, 0.6) is 0 Å². The topological polar surface area (TPSA) is 57.6 Å². The Balaban J connectivity index is 2.39. The van der Waals surface area contributed by atoms with Gasteiger partial charge >= 0.3 is 5.97 Å². The minimum Gasteiger partial charge on any atom is -0.478 e. The molecule has 1 N–H and O–H groups in total. The Labute approximate surface area is 117 Å². The molecule has 1 fully saturated rings. The molecule has 1 atom stereocenters. The van der Waals surface area contributed by atoms with Crippen LogP contribution in [0.2, 0.25) is 0 Å². The average Bonchev–Trinajstić information content (AvgIpc) is 2.79. The van der Waals surface area contributed by atoms with Crippen molar-refractivity contribution in [3.63, 3.8) is 0 Å². The fraction of sp³-hybridized carbons (Fsp3) is 0.429. The summed E-state index contributed by atoms with van der Waals surface area (Å²) in [4.78, 5) is 24.8. The molecule has 1 heterocycles. The first-order valence-electron chi connectivity index (χ1n) is 6.34. The lowest BCUT2D eigenvalue weighted by Gasteiger charge is -2.20. The highest BCUT2D eigenvalue weighted by molar-refractivity contribution is 7.80. The highest BCUT2D eigenvalue weighted by atomic mass is 32.1. The largest absolute Gasteiger partial charge is 0.478 e. The molecular weight excluding hydrogens is 262 g/mol. The number of rotatable bonds is 4. The van der Waals surface area contributed by atoms with Crippen molar-refractivity contribution in [2.24, 2.45) is 5.92 Å². The number of anilines is 1. The van der Waals surface area contributed by atoms with Crippen LogP contribution < -0.4 is 4.90 Å². The van der Waals surface area contributed by atoms with Crippen LogP contribution in [0.15, 0.2) is 18.2 Å². The molecule has 0 aliphatic carbocycles. The number of carboxylic acids is 1. The average molecular weight is 279 g/mol. The minimum absolute atomic E-state index is 0.0521. The maximum absolute atomic E-state index is 12.0. The molecule has 1 aliphatic rings. The first-order chi connectivity index (χ1) is 9.06. The van der Waals surface area contributed by atoms with Crippen LogP contribution in [0.1, 0.15) is 29.3 Å². The lowest BCUT2D eigenvalue weighted by atomic mass is 10.1. The van der Waals surface area contributed by atoms with Crippen LogP contribution >= 0.6 is 12.6 Å². The van der Waals surface area contributed by atoms with E-state index >= 15 is 0 Å². The van der Waals surface area contributed by atoms with E-state index in [1.54, 1.807) is 23.1 Å². The number of benzene rings is 1. The second-order valence-electron chi connectivity index (χ2n) is 4.76. The van der Waals surface area contributed by atoms with Crippen molar-refractivity contribution in [2.45, 2.75) is 19.8 Å². The van der Waals surface area contributed by atoms with Crippen LogP contribution in [0.4, 0.5) is 5.69 Å². The van der Waals surface area contributed by atoms with Crippen molar-refractivity contribution in [3.8, 4) is 0 Å². The molecule has 1 unspecified atom stereocenters. The molecule has 102 valence electrons. The molecule has 1 saturated heterocycles. The Hall–Kier alpha value is -1.49. The molecule has 0 aromatic heterocycles. The number of thiol groups is 1. The van der Waals surface area contributed by atoms with E-state index in [4.69, 9.17) is 5.11 Å². The van der Waals surface area contributed by atoms with Gasteiger partial charge in [-0.15, -0.1) is 0 Å². The van der Waals surface area contributed by atoms with Crippen molar-refractivity contribution in [2.75, 3.05) is 17.2 Å². The van der Waals surface area contributed by atoms with Gasteiger partial charge in [-0.2, -0.15) is 12.6 Å². The van der Waals surface area contributed by atoms with E-state index in [2.05, 4.69) is 12.6 Å². The van der Waals surface area contributed by atoms with Gasteiger partial charge in [0.05, 0.1) is 5.56 Å². The van der Waals surface area contributed by atoms with Gasteiger partial charge in [0.15, 0.2) is 0 Å². The number of carboxylic acid groups (broad SMARTS) is 1. The van der Waals surface area contributed by atoms with Crippen LogP contribution in [0.25, 0.3) is 0 Å². The number of hydrogen-bond donors (Lipinski definition) is 2. The minimum atomic E-state index is -0.971. The molecule has 1 aromatic rings. The van der Waals surface area contributed by atoms with Crippen molar-refractivity contribution >= 4 is 30.2 Å². The van der Waals surface area contributed by atoms with Gasteiger partial charge < -0.3 is 10.0 Å². The van der Waals surface area contributed by atoms with Crippen molar-refractivity contribution < 1.29 is 14.7 Å². The Morgan fingerprint density at radius 3 is 2.79 bits per heavy atom. The summed E-state index contributed by atoms with van der Waals surface area (Å²) >= 11 is 4.24. The third kappa shape index (κ3) is 2.76. The van der Waals surface area contributed by atoms with Gasteiger partial charge in [-0.1, -0.05) is 13.0 Å². The molecule has 1 amide bonds. The first kappa shape index (κ1) is 13.9. The van der Waals surface area contributed by atoms with Crippen LogP contribution in [-0.2, 0) is 11.2 Å². The summed E-state index contributed by atoms with van der Waals surface area (Å²) in [6.07, 6.45) is 1.26. The Morgan fingerprint density at radius 1 is 1.53 bits per heavy atom. The van der Waals surface area contributed by atoms with Gasteiger partial charge in [0, 0.05) is 18.7 Å². The summed E-state index contributed by atoms with van der Waals surface area (Å²) in [5.41, 5.74) is 1.95. The Morgan fingerprint density at radius 2 is 2.26 bits per heavy atom. The SMILES string of the molecule is CCc1ccc(C(=O)O)cc1N1CC(CS)CC1=O. The summed E-state index contributed by atoms with van der Waals surface area (Å²) < 4.78 is 0. The van der Waals surface area contributed by atoms with Crippen molar-refractivity contribution in [3.05, 3.63) is 29.3 Å². The van der Waals surface area contributed by atoms with Gasteiger partial charge in [-0.3, -0.25) is 4.79 Å². The molecule has 0 bridgehead atoms. The van der Waals surface area contributed by atoms with E-state index in [1.165, 1.54) is 0 Å². The number of aryl methyl sites for hydroxylation is 1. The predicted octanol–water partition coefficient (Wildman–Crippen LogP) is 2.23. The van der Waals surface area contributed by atoms with Gasteiger partial charge in [0.2, 0.25) is 5.91 Å². The molecule has 0 spiro atoms. The molecular formula is C14H17NO3S. The predicted molar refractivity (Wildman–Crippen MR) is 77.1 cm³/mol. The number of amides is 1. The van der Waals surface area contributed by atoms with Gasteiger partial charge in [0.25, 0.3) is 0 Å². The maximum atomic E-state index is 12.0. The van der Waals surface area contributed by atoms with Crippen molar-refractivity contribution in [1.29, 1.82) is 0 Å². The van der Waals surface area contributed by atoms with Crippen LogP contribution in [-0.4, -0.2) is 29.3 Å². The lowest BCUT2D eigenvalue weighted by molar-refractivity contribution is -0.117. The zero-order chi connectivity index (χ0) is 14.0. The number of aromatic carboxylic acids is 1. The number of nitrogens with zero attached hydrogens (tertiary/aromatic N) is 1. The van der Waals surface area contributed by atoms with Crippen LogP contribution in [0, 0.1) is 5.92 Å². The molecule has 1 aromatic carbocycles. The summed E-state index contributed by atoms with van der Waals surface area (Å²) in [5, 5.41) is 9.06. The summed E-state index contributed by atoms with van der Waals surface area (Å²) in [5.74, 6) is -0.00547. The van der Waals surface area contributed by atoms with E-state index in [9.17, 15) is 9.59 Å². The zero-order valence-electron chi connectivity index (χ0n) is 10.8. The summed E-state index contributed by atoms with van der Waals surface area (Å²) in [7, 11) is 0. The fourth-order valence-corrected chi connectivity index (χ4v) is 2.63. The van der Waals surface area contributed by atoms with Crippen LogP contribution in [0.3, 0.4) is 0 Å². The van der Waals surface area contributed by atoms with E-state index < -0.39 is 5.97 Å². The molecule has 5 heteroatoms. The van der Waals surface area contributed by atoms with Gasteiger partial charge in [0.1, 0.15) is 0 Å². The second kappa shape index (κ2) is 5.65. The molecule has 1 aliphatic heterocycles. The van der Waals surface area contributed by atoms with E-state index in [-0.39, 0.29) is 17.4 Å². The molecule has 0 saturated carbocycles. The highest BCUT2D eigenvalue weighted by Gasteiger charge is 2.31. The lowest BCUT2D eigenvalue weighted by Crippen LogP contribution is -2.26. The Kier molecular flexibility index (Phi) is 4.14. The zero-order valence-corrected chi connectivity index (χ0v) is 11.7. The smallest absolute Gasteiger partial charge is 0.335 e. The quantitative estimate of drug-likeness (QED) is 0.831. The molecule has 0 radical (unpaired) electrons. The van der Waals surface area contributed by atoms with E-state index in [1.807, 2.05) is 6.92 Å². The summed E-state index contributed by atoms with van der Waals surface area (Å²) in [6, 6.07) is 4.97. The number of carbonyl (C=O) groups is 2. The van der Waals surface area contributed by atoms with Crippen molar-refractivity contribution in [1.82, 2.24) is 0 Å². The Bertz CT molecular complexity index is 515. The summed E-state index contributed by atoms with van der Waals surface area (Å²) in [6.45, 7) is 2.62. The van der Waals surface area contributed by atoms with E-state index in [0.29, 0.717) is 18.7 Å². The van der Waals surface area contributed by atoms with Gasteiger partial charge in [-0.25, -0.2) is 4.79 Å². The number of hydrogen-bond acceptors (Lipinski definition) is 3. The third-order valence-corrected chi connectivity index (χ3v) is 3.98. The molecule has 4 nitrogen and oxygen atoms in total. The molecule has 19 heavy (non-hydrogen) atoms. The van der Waals surface area contributed by atoms with E-state index in [0.717, 1.165) is 17.7 Å². The monoisotopic (exact) mass is 279 g/mol. The van der Waals surface area contributed by atoms with Gasteiger partial charge in [-0.05, 0) is 35.8 Å². The second-order valence-corrected chi connectivity index (χ2v) is 5.12.